The number of nitrogens with zero attached hydrogens (tertiary/aromatic N) is 5. The molecule has 0 aliphatic heterocycles. The molecule has 0 saturated carbocycles. The van der Waals surface area contributed by atoms with Crippen molar-refractivity contribution >= 4 is 28.8 Å². The van der Waals surface area contributed by atoms with Gasteiger partial charge in [0.25, 0.3) is 5.91 Å². The van der Waals surface area contributed by atoms with Crippen LogP contribution in [0.15, 0.2) is 60.7 Å². The van der Waals surface area contributed by atoms with Gasteiger partial charge in [0.05, 0.1) is 34.9 Å². The number of amides is 1. The first-order valence-corrected chi connectivity index (χ1v) is 12.3. The molecule has 5 aromatic rings. The number of carbonyl (C=O) groups excluding carboxylic acids is 1. The summed E-state index contributed by atoms with van der Waals surface area (Å²) in [5.41, 5.74) is -0.706. The second kappa shape index (κ2) is 10.2. The van der Waals surface area contributed by atoms with Crippen molar-refractivity contribution in [2.45, 2.75) is 32.7 Å². The van der Waals surface area contributed by atoms with E-state index in [-0.39, 0.29) is 29.3 Å². The SMILES string of the molecule is Cc1nn(Cc2cccc(C(F)(F)F)c2)c(C)c1NC(=O)c1cc2nc(-c3ccc(Cl)cc3)cc(C(F)(F)F)n2n1. The zero-order chi connectivity index (χ0) is 29.7. The lowest BCUT2D eigenvalue weighted by molar-refractivity contribution is -0.142. The first-order chi connectivity index (χ1) is 19.2. The molecule has 7 nitrogen and oxygen atoms in total. The Bertz CT molecular complexity index is 1770. The van der Waals surface area contributed by atoms with Crippen molar-refractivity contribution < 1.29 is 31.1 Å². The fraction of sp³-hybridized carbons (Fsp3) is 0.185. The van der Waals surface area contributed by atoms with Gasteiger partial charge in [-0.25, -0.2) is 9.50 Å². The predicted molar refractivity (Wildman–Crippen MR) is 139 cm³/mol. The zero-order valence-corrected chi connectivity index (χ0v) is 22.0. The van der Waals surface area contributed by atoms with Gasteiger partial charge in [-0.1, -0.05) is 35.9 Å². The summed E-state index contributed by atoms with van der Waals surface area (Å²) in [4.78, 5) is 17.3. The van der Waals surface area contributed by atoms with Gasteiger partial charge in [-0.05, 0) is 49.7 Å². The molecule has 0 spiro atoms. The maximum atomic E-state index is 13.9. The lowest BCUT2D eigenvalue weighted by atomic mass is 10.1. The van der Waals surface area contributed by atoms with Gasteiger partial charge in [0.15, 0.2) is 17.0 Å². The van der Waals surface area contributed by atoms with Gasteiger partial charge in [-0.2, -0.15) is 36.5 Å². The lowest BCUT2D eigenvalue weighted by Gasteiger charge is -2.11. The third kappa shape index (κ3) is 5.75. The molecule has 1 amide bonds. The normalized spacial score (nSPS) is 12.2. The zero-order valence-electron chi connectivity index (χ0n) is 21.3. The Morgan fingerprint density at radius 2 is 1.63 bits per heavy atom. The van der Waals surface area contributed by atoms with E-state index in [1.165, 1.54) is 41.1 Å². The van der Waals surface area contributed by atoms with E-state index in [4.69, 9.17) is 11.6 Å². The molecule has 2 aromatic carbocycles. The van der Waals surface area contributed by atoms with Gasteiger partial charge in [0.1, 0.15) is 0 Å². The second-order valence-corrected chi connectivity index (χ2v) is 9.62. The van der Waals surface area contributed by atoms with Crippen molar-refractivity contribution in [3.63, 3.8) is 0 Å². The Hall–Kier alpha value is -4.39. The van der Waals surface area contributed by atoms with Crippen LogP contribution in [0.25, 0.3) is 16.9 Å². The van der Waals surface area contributed by atoms with Crippen molar-refractivity contribution in [1.82, 2.24) is 24.4 Å². The number of benzene rings is 2. The van der Waals surface area contributed by atoms with Gasteiger partial charge in [-0.15, -0.1) is 0 Å². The molecular weight excluding hydrogens is 574 g/mol. The second-order valence-electron chi connectivity index (χ2n) is 9.19. The molecule has 212 valence electrons. The van der Waals surface area contributed by atoms with Crippen LogP contribution in [0.2, 0.25) is 5.02 Å². The molecule has 5 rings (SSSR count). The average molecular weight is 593 g/mol. The average Bonchev–Trinajstić information content (AvgIpc) is 3.44. The van der Waals surface area contributed by atoms with Crippen LogP contribution in [-0.2, 0) is 18.9 Å². The Balaban J connectivity index is 1.45. The Morgan fingerprint density at radius 3 is 2.29 bits per heavy atom. The highest BCUT2D eigenvalue weighted by atomic mass is 35.5. The molecule has 0 bridgehead atoms. The smallest absolute Gasteiger partial charge is 0.317 e. The minimum Gasteiger partial charge on any atom is -0.317 e. The first-order valence-electron chi connectivity index (χ1n) is 12.0. The van der Waals surface area contributed by atoms with Crippen LogP contribution < -0.4 is 5.32 Å². The Kier molecular flexibility index (Phi) is 7.02. The highest BCUT2D eigenvalue weighted by Crippen LogP contribution is 2.33. The molecule has 3 heterocycles. The number of aryl methyl sites for hydroxylation is 1. The van der Waals surface area contributed by atoms with E-state index in [1.807, 2.05) is 0 Å². The molecule has 0 radical (unpaired) electrons. The minimum atomic E-state index is -4.81. The molecule has 0 unspecified atom stereocenters. The van der Waals surface area contributed by atoms with E-state index < -0.39 is 29.5 Å². The van der Waals surface area contributed by atoms with Crippen molar-refractivity contribution in [2.24, 2.45) is 0 Å². The fourth-order valence-electron chi connectivity index (χ4n) is 4.28. The number of halogens is 7. The van der Waals surface area contributed by atoms with Crippen LogP contribution in [-0.4, -0.2) is 30.3 Å². The summed E-state index contributed by atoms with van der Waals surface area (Å²) in [6.07, 6.45) is -9.31. The monoisotopic (exact) mass is 592 g/mol. The molecule has 0 atom stereocenters. The highest BCUT2D eigenvalue weighted by Gasteiger charge is 2.36. The molecule has 0 saturated heterocycles. The quantitative estimate of drug-likeness (QED) is 0.219. The Labute approximate surface area is 233 Å². The summed E-state index contributed by atoms with van der Waals surface area (Å²) in [6.45, 7) is 3.18. The fourth-order valence-corrected chi connectivity index (χ4v) is 4.41. The Morgan fingerprint density at radius 1 is 0.927 bits per heavy atom. The van der Waals surface area contributed by atoms with E-state index >= 15 is 0 Å². The maximum Gasteiger partial charge on any atom is 0.433 e. The van der Waals surface area contributed by atoms with Gasteiger partial charge in [0.2, 0.25) is 0 Å². The molecule has 0 aliphatic carbocycles. The summed E-state index contributed by atoms with van der Waals surface area (Å²) in [6, 6.07) is 12.8. The lowest BCUT2D eigenvalue weighted by Crippen LogP contribution is -2.16. The standard InChI is InChI=1S/C27H19ClF6N6O/c1-14-24(15(2)39(37-14)13-16-4-3-5-18(10-16)26(29,30)31)36-25(41)21-12-23-35-20(17-6-8-19(28)9-7-17)11-22(27(32,33)34)40(23)38-21/h3-12H,13H2,1-2H3,(H,36,41). The minimum absolute atomic E-state index is 0.00678. The molecule has 14 heteroatoms. The summed E-state index contributed by atoms with van der Waals surface area (Å²) in [5.74, 6) is -0.818. The largest absolute Gasteiger partial charge is 0.433 e. The van der Waals surface area contributed by atoms with Crippen molar-refractivity contribution in [2.75, 3.05) is 5.32 Å². The maximum absolute atomic E-state index is 13.9. The number of hydrogen-bond acceptors (Lipinski definition) is 4. The van der Waals surface area contributed by atoms with Crippen molar-refractivity contribution in [1.29, 1.82) is 0 Å². The predicted octanol–water partition coefficient (Wildman–Crippen LogP) is 7.20. The van der Waals surface area contributed by atoms with Crippen LogP contribution >= 0.6 is 11.6 Å². The van der Waals surface area contributed by atoms with Gasteiger partial charge < -0.3 is 5.32 Å². The molecule has 3 aromatic heterocycles. The van der Waals surface area contributed by atoms with Gasteiger partial charge in [-0.3, -0.25) is 9.48 Å². The van der Waals surface area contributed by atoms with E-state index in [9.17, 15) is 31.1 Å². The van der Waals surface area contributed by atoms with E-state index in [0.717, 1.165) is 24.3 Å². The number of rotatable bonds is 5. The van der Waals surface area contributed by atoms with E-state index in [0.29, 0.717) is 32.1 Å². The molecule has 1 N–H and O–H groups in total. The van der Waals surface area contributed by atoms with Crippen LogP contribution in [0.1, 0.15) is 38.7 Å². The van der Waals surface area contributed by atoms with Crippen LogP contribution in [0, 0.1) is 13.8 Å². The molecule has 41 heavy (non-hydrogen) atoms. The number of alkyl halides is 6. The summed E-state index contributed by atoms with van der Waals surface area (Å²) >= 11 is 5.88. The van der Waals surface area contributed by atoms with E-state index in [1.54, 1.807) is 13.8 Å². The summed E-state index contributed by atoms with van der Waals surface area (Å²) < 4.78 is 83.1. The van der Waals surface area contributed by atoms with E-state index in [2.05, 4.69) is 20.5 Å². The first kappa shape index (κ1) is 28.1. The molecular formula is C27H19ClF6N6O. The number of nitrogens with one attached hydrogen (secondary N) is 1. The number of fused-ring (bicyclic) bond motifs is 1. The number of aromatic nitrogens is 5. The third-order valence-corrected chi connectivity index (χ3v) is 6.55. The van der Waals surface area contributed by atoms with Gasteiger partial charge >= 0.3 is 12.4 Å². The van der Waals surface area contributed by atoms with Gasteiger partial charge in [0, 0.05) is 16.7 Å². The van der Waals surface area contributed by atoms with Crippen LogP contribution in [0.3, 0.4) is 0 Å². The van der Waals surface area contributed by atoms with Crippen molar-refractivity contribution in [3.05, 3.63) is 99.6 Å². The highest BCUT2D eigenvalue weighted by molar-refractivity contribution is 6.30. The van der Waals surface area contributed by atoms with Crippen LogP contribution in [0.4, 0.5) is 32.0 Å². The summed E-state index contributed by atoms with van der Waals surface area (Å²) in [7, 11) is 0. The molecule has 0 fully saturated rings. The number of carbonyl (C=O) groups is 1. The third-order valence-electron chi connectivity index (χ3n) is 6.30. The topological polar surface area (TPSA) is 77.1 Å². The van der Waals surface area contributed by atoms with Crippen molar-refractivity contribution in [3.8, 4) is 11.3 Å². The number of hydrogen-bond donors (Lipinski definition) is 1. The summed E-state index contributed by atoms with van der Waals surface area (Å²) in [5, 5.41) is 11.2. The number of anilines is 1. The van der Waals surface area contributed by atoms with Crippen LogP contribution in [0.5, 0.6) is 0 Å². The molecule has 0 aliphatic rings.